The first kappa shape index (κ1) is 13.2. The van der Waals surface area contributed by atoms with Crippen LogP contribution in [0.4, 0.5) is 0 Å². The molecule has 0 radical (unpaired) electrons. The summed E-state index contributed by atoms with van der Waals surface area (Å²) in [5, 5.41) is 0. The number of Topliss-reactive ketones (excluding diaryl/α,β-unsaturated/α-hetero) is 2. The Morgan fingerprint density at radius 3 is 2.14 bits per heavy atom. The molecule has 4 aliphatic rings. The van der Waals surface area contributed by atoms with Gasteiger partial charge in [0.1, 0.15) is 11.6 Å². The van der Waals surface area contributed by atoms with Gasteiger partial charge in [-0.25, -0.2) is 0 Å². The summed E-state index contributed by atoms with van der Waals surface area (Å²) in [4.78, 5) is 46.1. The molecular weight excluding hydrogens is 272 g/mol. The van der Waals surface area contributed by atoms with Crippen LogP contribution in [0.25, 0.3) is 0 Å². The number of carbonyl (C=O) groups is 4. The predicted octanol–water partition coefficient (Wildman–Crippen LogP) is 1.29. The second-order valence-electron chi connectivity index (χ2n) is 7.04. The summed E-state index contributed by atoms with van der Waals surface area (Å²) in [6.45, 7) is 0. The van der Waals surface area contributed by atoms with Crippen molar-refractivity contribution in [3.05, 3.63) is 0 Å². The topological polar surface area (TPSA) is 77.5 Å². The van der Waals surface area contributed by atoms with Crippen LogP contribution in [-0.2, 0) is 23.9 Å². The average molecular weight is 290 g/mol. The van der Waals surface area contributed by atoms with Gasteiger partial charge in [0.15, 0.2) is 0 Å². The Labute approximate surface area is 122 Å². The zero-order chi connectivity index (χ0) is 14.7. The summed E-state index contributed by atoms with van der Waals surface area (Å²) >= 11 is 0. The van der Waals surface area contributed by atoms with Crippen molar-refractivity contribution >= 4 is 23.5 Å². The van der Waals surface area contributed by atoms with Crippen molar-refractivity contribution in [3.8, 4) is 0 Å². The van der Waals surface area contributed by atoms with Crippen molar-refractivity contribution in [3.63, 3.8) is 0 Å². The van der Waals surface area contributed by atoms with E-state index in [1.54, 1.807) is 0 Å². The molecule has 0 amide bonds. The number of carbonyl (C=O) groups excluding carboxylic acids is 4. The number of hydrogen-bond donors (Lipinski definition) is 0. The normalized spacial score (nSPS) is 44.0. The number of hydrogen-bond acceptors (Lipinski definition) is 5. The van der Waals surface area contributed by atoms with Crippen LogP contribution >= 0.6 is 0 Å². The maximum absolute atomic E-state index is 11.7. The molecule has 1 heterocycles. The Balaban J connectivity index is 1.25. The predicted molar refractivity (Wildman–Crippen MR) is 69.8 cm³/mol. The molecule has 3 saturated carbocycles. The summed E-state index contributed by atoms with van der Waals surface area (Å²) in [5.74, 6) is -0.189. The first-order valence-electron chi connectivity index (χ1n) is 7.87. The SMILES string of the molecule is O=C1CC(=O)C2C(CCCC3CC4C(=O)OC(=O)C34)CC12. The van der Waals surface area contributed by atoms with Gasteiger partial charge >= 0.3 is 11.9 Å². The molecule has 6 atom stereocenters. The van der Waals surface area contributed by atoms with E-state index in [9.17, 15) is 19.2 Å². The third kappa shape index (κ3) is 1.82. The highest BCUT2D eigenvalue weighted by Crippen LogP contribution is 2.51. The average Bonchev–Trinajstić information content (AvgIpc) is 2.67. The lowest BCUT2D eigenvalue weighted by Gasteiger charge is -2.39. The van der Waals surface area contributed by atoms with Crippen molar-refractivity contribution in [1.82, 2.24) is 0 Å². The third-order valence-corrected chi connectivity index (χ3v) is 6.06. The van der Waals surface area contributed by atoms with Gasteiger partial charge in [-0.1, -0.05) is 6.42 Å². The third-order valence-electron chi connectivity index (χ3n) is 6.06. The maximum Gasteiger partial charge on any atom is 0.317 e. The number of ether oxygens (including phenoxy) is 1. The minimum atomic E-state index is -0.349. The highest BCUT2D eigenvalue weighted by atomic mass is 16.6. The van der Waals surface area contributed by atoms with Gasteiger partial charge in [-0.3, -0.25) is 19.2 Å². The lowest BCUT2D eigenvalue weighted by molar-refractivity contribution is -0.153. The number of ketones is 2. The Kier molecular flexibility index (Phi) is 2.81. The molecule has 1 aliphatic heterocycles. The smallest absolute Gasteiger partial charge is 0.317 e. The number of rotatable bonds is 4. The van der Waals surface area contributed by atoms with Gasteiger partial charge in [-0.15, -0.1) is 0 Å². The van der Waals surface area contributed by atoms with Crippen molar-refractivity contribution in [2.45, 2.75) is 38.5 Å². The van der Waals surface area contributed by atoms with Crippen LogP contribution in [0.15, 0.2) is 0 Å². The Hall–Kier alpha value is -1.52. The number of cyclic esters (lactones) is 2. The van der Waals surface area contributed by atoms with Gasteiger partial charge in [-0.2, -0.15) is 0 Å². The Morgan fingerprint density at radius 2 is 1.48 bits per heavy atom. The van der Waals surface area contributed by atoms with E-state index in [1.807, 2.05) is 0 Å². The molecule has 4 fully saturated rings. The van der Waals surface area contributed by atoms with E-state index < -0.39 is 0 Å². The maximum atomic E-state index is 11.7. The molecule has 0 aromatic rings. The van der Waals surface area contributed by atoms with Crippen molar-refractivity contribution in [2.24, 2.45) is 35.5 Å². The Morgan fingerprint density at radius 1 is 0.810 bits per heavy atom. The largest absolute Gasteiger partial charge is 0.393 e. The quantitative estimate of drug-likeness (QED) is 0.576. The first-order chi connectivity index (χ1) is 10.1. The summed E-state index contributed by atoms with van der Waals surface area (Å²) in [6.07, 6.45) is 4.61. The summed E-state index contributed by atoms with van der Waals surface area (Å²) in [6, 6.07) is 0. The molecule has 21 heavy (non-hydrogen) atoms. The fourth-order valence-corrected chi connectivity index (χ4v) is 4.82. The second-order valence-corrected chi connectivity index (χ2v) is 7.04. The molecule has 112 valence electrons. The van der Waals surface area contributed by atoms with Crippen LogP contribution in [0, 0.1) is 35.5 Å². The standard InChI is InChI=1S/C16H18O5/c17-11-6-12(18)13-7(4-9(11)13)2-1-3-8-5-10-14(8)16(20)21-15(10)19/h7-10,13-14H,1-6H2. The van der Waals surface area contributed by atoms with E-state index in [0.29, 0.717) is 5.92 Å². The highest BCUT2D eigenvalue weighted by Gasteiger charge is 2.57. The van der Waals surface area contributed by atoms with Gasteiger partial charge in [0.2, 0.25) is 0 Å². The van der Waals surface area contributed by atoms with E-state index in [2.05, 4.69) is 4.74 Å². The summed E-state index contributed by atoms with van der Waals surface area (Å²) < 4.78 is 4.66. The van der Waals surface area contributed by atoms with E-state index >= 15 is 0 Å². The summed E-state index contributed by atoms with van der Waals surface area (Å²) in [7, 11) is 0. The molecule has 4 rings (SSSR count). The summed E-state index contributed by atoms with van der Waals surface area (Å²) in [5.41, 5.74) is 0. The molecule has 0 bridgehead atoms. The fourth-order valence-electron chi connectivity index (χ4n) is 4.82. The molecule has 0 spiro atoms. The van der Waals surface area contributed by atoms with Gasteiger partial charge in [0.05, 0.1) is 18.3 Å². The minimum absolute atomic E-state index is 0.00957. The van der Waals surface area contributed by atoms with Crippen molar-refractivity contribution in [1.29, 1.82) is 0 Å². The monoisotopic (exact) mass is 290 g/mol. The van der Waals surface area contributed by atoms with Crippen molar-refractivity contribution in [2.75, 3.05) is 0 Å². The lowest BCUT2D eigenvalue weighted by atomic mass is 9.62. The van der Waals surface area contributed by atoms with Crippen LogP contribution in [0.1, 0.15) is 38.5 Å². The van der Waals surface area contributed by atoms with E-state index in [-0.39, 0.29) is 59.5 Å². The molecule has 0 aromatic heterocycles. The molecular formula is C16H18O5. The molecule has 0 N–H and O–H groups in total. The van der Waals surface area contributed by atoms with E-state index in [0.717, 1.165) is 32.1 Å². The zero-order valence-corrected chi connectivity index (χ0v) is 11.7. The van der Waals surface area contributed by atoms with Gasteiger partial charge in [0.25, 0.3) is 0 Å². The van der Waals surface area contributed by atoms with Crippen LogP contribution in [0.2, 0.25) is 0 Å². The van der Waals surface area contributed by atoms with Crippen molar-refractivity contribution < 1.29 is 23.9 Å². The molecule has 0 aromatic carbocycles. The highest BCUT2D eigenvalue weighted by molar-refractivity contribution is 6.09. The van der Waals surface area contributed by atoms with E-state index in [4.69, 9.17) is 0 Å². The molecule has 5 heteroatoms. The second kappa shape index (κ2) is 4.49. The van der Waals surface area contributed by atoms with Gasteiger partial charge in [0, 0.05) is 11.8 Å². The Bertz CT molecular complexity index is 503. The zero-order valence-electron chi connectivity index (χ0n) is 11.7. The van der Waals surface area contributed by atoms with Gasteiger partial charge < -0.3 is 4.74 Å². The lowest BCUT2D eigenvalue weighted by Crippen LogP contribution is -2.40. The number of esters is 2. The van der Waals surface area contributed by atoms with Crippen LogP contribution in [0.3, 0.4) is 0 Å². The van der Waals surface area contributed by atoms with Crippen LogP contribution in [0.5, 0.6) is 0 Å². The fraction of sp³-hybridized carbons (Fsp3) is 0.750. The minimum Gasteiger partial charge on any atom is -0.393 e. The number of fused-ring (bicyclic) bond motifs is 2. The van der Waals surface area contributed by atoms with Crippen LogP contribution < -0.4 is 0 Å². The molecule has 1 saturated heterocycles. The molecule has 6 unspecified atom stereocenters. The first-order valence-corrected chi connectivity index (χ1v) is 7.87. The van der Waals surface area contributed by atoms with Gasteiger partial charge in [-0.05, 0) is 37.5 Å². The molecule has 5 nitrogen and oxygen atoms in total. The van der Waals surface area contributed by atoms with E-state index in [1.165, 1.54) is 0 Å². The van der Waals surface area contributed by atoms with Crippen LogP contribution in [-0.4, -0.2) is 23.5 Å². The molecule has 3 aliphatic carbocycles.